The SMILES string of the molecule is CC(C)CNc1c[c]ccc1NCC(C)C. The molecule has 16 heavy (non-hydrogen) atoms. The Labute approximate surface area is 99.5 Å². The Bertz CT molecular complexity index is 274. The van der Waals surface area contributed by atoms with Gasteiger partial charge in [-0.05, 0) is 30.0 Å². The van der Waals surface area contributed by atoms with Crippen LogP contribution in [0.3, 0.4) is 0 Å². The highest BCUT2D eigenvalue weighted by molar-refractivity contribution is 5.68. The van der Waals surface area contributed by atoms with Crippen LogP contribution in [-0.2, 0) is 0 Å². The molecule has 0 aliphatic rings. The van der Waals surface area contributed by atoms with E-state index in [-0.39, 0.29) is 0 Å². The first-order valence-corrected chi connectivity index (χ1v) is 6.07. The minimum Gasteiger partial charge on any atom is -0.383 e. The van der Waals surface area contributed by atoms with Gasteiger partial charge in [-0.2, -0.15) is 0 Å². The van der Waals surface area contributed by atoms with Gasteiger partial charge >= 0.3 is 0 Å². The normalized spacial score (nSPS) is 10.9. The fourth-order valence-electron chi connectivity index (χ4n) is 1.36. The number of benzene rings is 1. The Hall–Kier alpha value is -1.18. The number of anilines is 2. The molecule has 0 aliphatic heterocycles. The van der Waals surface area contributed by atoms with Crippen LogP contribution in [0.15, 0.2) is 18.2 Å². The first-order valence-electron chi connectivity index (χ1n) is 6.07. The first-order chi connectivity index (χ1) is 7.59. The van der Waals surface area contributed by atoms with Crippen molar-refractivity contribution >= 4 is 11.4 Å². The van der Waals surface area contributed by atoms with Crippen LogP contribution in [0.1, 0.15) is 27.7 Å². The highest BCUT2D eigenvalue weighted by atomic mass is 15.0. The van der Waals surface area contributed by atoms with E-state index in [9.17, 15) is 0 Å². The third-order valence-electron chi connectivity index (χ3n) is 2.27. The average Bonchev–Trinajstić information content (AvgIpc) is 2.24. The maximum absolute atomic E-state index is 3.45. The smallest absolute Gasteiger partial charge is 0.0582 e. The second-order valence-corrected chi connectivity index (χ2v) is 5.02. The summed E-state index contributed by atoms with van der Waals surface area (Å²) in [6.45, 7) is 10.8. The molecule has 1 rings (SSSR count). The zero-order chi connectivity index (χ0) is 12.0. The van der Waals surface area contributed by atoms with E-state index in [2.05, 4.69) is 50.5 Å². The molecule has 0 heterocycles. The molecule has 0 unspecified atom stereocenters. The van der Waals surface area contributed by atoms with Gasteiger partial charge in [-0.25, -0.2) is 0 Å². The van der Waals surface area contributed by atoms with Crippen LogP contribution >= 0.6 is 0 Å². The summed E-state index contributed by atoms with van der Waals surface area (Å²) in [4.78, 5) is 0. The maximum atomic E-state index is 3.45. The highest BCUT2D eigenvalue weighted by Gasteiger charge is 2.02. The molecule has 1 aromatic carbocycles. The van der Waals surface area contributed by atoms with Gasteiger partial charge in [0.05, 0.1) is 11.4 Å². The zero-order valence-corrected chi connectivity index (χ0v) is 10.8. The topological polar surface area (TPSA) is 24.1 Å². The van der Waals surface area contributed by atoms with Crippen LogP contribution in [0.25, 0.3) is 0 Å². The third-order valence-corrected chi connectivity index (χ3v) is 2.27. The molecule has 1 radical (unpaired) electrons. The van der Waals surface area contributed by atoms with Crippen LogP contribution in [0.2, 0.25) is 0 Å². The average molecular weight is 219 g/mol. The summed E-state index contributed by atoms with van der Waals surface area (Å²) in [7, 11) is 0. The van der Waals surface area contributed by atoms with Crippen molar-refractivity contribution in [2.45, 2.75) is 27.7 Å². The van der Waals surface area contributed by atoms with Gasteiger partial charge in [0, 0.05) is 13.1 Å². The molecular formula is C14H23N2. The summed E-state index contributed by atoms with van der Waals surface area (Å²) >= 11 is 0. The lowest BCUT2D eigenvalue weighted by molar-refractivity contribution is 0.684. The fourth-order valence-corrected chi connectivity index (χ4v) is 1.36. The highest BCUT2D eigenvalue weighted by Crippen LogP contribution is 2.21. The molecule has 0 bridgehead atoms. The third kappa shape index (κ3) is 4.56. The van der Waals surface area contributed by atoms with Gasteiger partial charge < -0.3 is 10.6 Å². The molecule has 2 nitrogen and oxygen atoms in total. The van der Waals surface area contributed by atoms with E-state index in [1.165, 1.54) is 5.69 Å². The first kappa shape index (κ1) is 12.9. The zero-order valence-electron chi connectivity index (χ0n) is 10.8. The van der Waals surface area contributed by atoms with E-state index in [0.717, 1.165) is 18.8 Å². The second kappa shape index (κ2) is 6.41. The van der Waals surface area contributed by atoms with Crippen LogP contribution < -0.4 is 10.6 Å². The van der Waals surface area contributed by atoms with Gasteiger partial charge in [0.25, 0.3) is 0 Å². The molecule has 0 spiro atoms. The Kier molecular flexibility index (Phi) is 5.17. The molecule has 89 valence electrons. The van der Waals surface area contributed by atoms with Gasteiger partial charge in [-0.3, -0.25) is 0 Å². The van der Waals surface area contributed by atoms with E-state index < -0.39 is 0 Å². The molecule has 1 aromatic rings. The van der Waals surface area contributed by atoms with Gasteiger partial charge in [0.1, 0.15) is 0 Å². The Morgan fingerprint density at radius 3 is 2.12 bits per heavy atom. The summed E-state index contributed by atoms with van der Waals surface area (Å²) < 4.78 is 0. The molecule has 0 saturated heterocycles. The molecule has 0 atom stereocenters. The quantitative estimate of drug-likeness (QED) is 0.763. The summed E-state index contributed by atoms with van der Waals surface area (Å²) in [5.41, 5.74) is 2.32. The lowest BCUT2D eigenvalue weighted by Gasteiger charge is -2.16. The van der Waals surface area contributed by atoms with Crippen molar-refractivity contribution in [1.29, 1.82) is 0 Å². The van der Waals surface area contributed by atoms with E-state index in [4.69, 9.17) is 0 Å². The summed E-state index contributed by atoms with van der Waals surface area (Å²) in [5.74, 6) is 1.31. The molecule has 0 amide bonds. The number of hydrogen-bond donors (Lipinski definition) is 2. The van der Waals surface area contributed by atoms with Crippen molar-refractivity contribution < 1.29 is 0 Å². The summed E-state index contributed by atoms with van der Waals surface area (Å²) in [6.07, 6.45) is 0. The predicted molar refractivity (Wildman–Crippen MR) is 71.9 cm³/mol. The Morgan fingerprint density at radius 1 is 1.00 bits per heavy atom. The Morgan fingerprint density at radius 2 is 1.56 bits per heavy atom. The second-order valence-electron chi connectivity index (χ2n) is 5.02. The van der Waals surface area contributed by atoms with Gasteiger partial charge in [-0.1, -0.05) is 33.8 Å². The van der Waals surface area contributed by atoms with Crippen LogP contribution in [-0.4, -0.2) is 13.1 Å². The molecule has 0 aromatic heterocycles. The standard InChI is InChI=1S/C14H23N2/c1-11(2)9-15-13-7-5-6-8-14(13)16-10-12(3)4/h5,7-8,11-12,15-16H,9-10H2,1-4H3. The van der Waals surface area contributed by atoms with Crippen molar-refractivity contribution in [2.24, 2.45) is 11.8 Å². The monoisotopic (exact) mass is 219 g/mol. The Balaban J connectivity index is 2.60. The lowest BCUT2D eigenvalue weighted by Crippen LogP contribution is -2.12. The van der Waals surface area contributed by atoms with Crippen molar-refractivity contribution in [3.05, 3.63) is 24.3 Å². The van der Waals surface area contributed by atoms with Crippen molar-refractivity contribution in [2.75, 3.05) is 23.7 Å². The largest absolute Gasteiger partial charge is 0.383 e. The number of nitrogens with one attached hydrogen (secondary N) is 2. The molecule has 0 fully saturated rings. The molecule has 2 N–H and O–H groups in total. The molecule has 2 heteroatoms. The van der Waals surface area contributed by atoms with Crippen molar-refractivity contribution in [3.8, 4) is 0 Å². The van der Waals surface area contributed by atoms with E-state index in [0.29, 0.717) is 11.8 Å². The minimum atomic E-state index is 0.651. The number of hydrogen-bond acceptors (Lipinski definition) is 2. The van der Waals surface area contributed by atoms with E-state index in [1.54, 1.807) is 0 Å². The molecule has 0 saturated carbocycles. The van der Waals surface area contributed by atoms with Gasteiger partial charge in [-0.15, -0.1) is 0 Å². The van der Waals surface area contributed by atoms with Gasteiger partial charge in [0.15, 0.2) is 0 Å². The molecule has 0 aliphatic carbocycles. The van der Waals surface area contributed by atoms with Crippen LogP contribution in [0.5, 0.6) is 0 Å². The fraction of sp³-hybridized carbons (Fsp3) is 0.571. The van der Waals surface area contributed by atoms with Crippen molar-refractivity contribution in [1.82, 2.24) is 0 Å². The summed E-state index contributed by atoms with van der Waals surface area (Å²) in [5, 5.41) is 6.90. The van der Waals surface area contributed by atoms with E-state index >= 15 is 0 Å². The van der Waals surface area contributed by atoms with Crippen LogP contribution in [0, 0.1) is 17.9 Å². The number of rotatable bonds is 6. The summed E-state index contributed by atoms with van der Waals surface area (Å²) in [6, 6.07) is 9.14. The van der Waals surface area contributed by atoms with E-state index in [1.807, 2.05) is 12.1 Å². The minimum absolute atomic E-state index is 0.651. The van der Waals surface area contributed by atoms with Crippen LogP contribution in [0.4, 0.5) is 11.4 Å². The maximum Gasteiger partial charge on any atom is 0.0582 e. The lowest BCUT2D eigenvalue weighted by atomic mass is 10.2. The molecular weight excluding hydrogens is 196 g/mol. The van der Waals surface area contributed by atoms with Crippen molar-refractivity contribution in [3.63, 3.8) is 0 Å². The predicted octanol–water partition coefficient (Wildman–Crippen LogP) is 3.62. The van der Waals surface area contributed by atoms with Gasteiger partial charge in [0.2, 0.25) is 0 Å².